The van der Waals surface area contributed by atoms with Crippen LogP contribution in [-0.4, -0.2) is 21.2 Å². The van der Waals surface area contributed by atoms with Crippen molar-refractivity contribution in [2.75, 3.05) is 5.75 Å². The van der Waals surface area contributed by atoms with Crippen LogP contribution in [0.4, 0.5) is 0 Å². The van der Waals surface area contributed by atoms with Gasteiger partial charge < -0.3 is 0 Å². The molecule has 130 valence electrons. The summed E-state index contributed by atoms with van der Waals surface area (Å²) in [5.41, 5.74) is 2.86. The first kappa shape index (κ1) is 16.1. The largest absolute Gasteiger partial charge is 0.279 e. The molecule has 0 aliphatic rings. The van der Waals surface area contributed by atoms with E-state index in [1.165, 1.54) is 0 Å². The zero-order chi connectivity index (χ0) is 18.2. The summed E-state index contributed by atoms with van der Waals surface area (Å²) in [7, 11) is 0. The molecule has 0 amide bonds. The third-order valence-electron chi connectivity index (χ3n) is 4.78. The molecule has 0 N–H and O–H groups in total. The lowest BCUT2D eigenvalue weighted by molar-refractivity contribution is 0.0951. The zero-order valence-corrected chi connectivity index (χ0v) is 15.3. The molecular formula is C23H16N2OS. The van der Waals surface area contributed by atoms with E-state index in [1.807, 2.05) is 71.3 Å². The summed E-state index contributed by atoms with van der Waals surface area (Å²) in [5.74, 6) is 0.434. The summed E-state index contributed by atoms with van der Waals surface area (Å²) in [6.45, 7) is 0. The van der Waals surface area contributed by atoms with Crippen LogP contribution >= 0.6 is 11.8 Å². The van der Waals surface area contributed by atoms with E-state index >= 15 is 0 Å². The zero-order valence-electron chi connectivity index (χ0n) is 14.5. The Labute approximate surface area is 160 Å². The molecule has 0 aliphatic heterocycles. The minimum absolute atomic E-state index is 0.0744. The predicted octanol–water partition coefficient (Wildman–Crippen LogP) is 5.78. The maximum absolute atomic E-state index is 13.2. The molecule has 0 bridgehead atoms. The van der Waals surface area contributed by atoms with Gasteiger partial charge in [-0.25, -0.2) is 0 Å². The fraction of sp³-hybridized carbons (Fsp3) is 0.0435. The number of carbonyl (C=O) groups excluding carboxylic acids is 1. The molecule has 2 aromatic heterocycles. The first-order valence-electron chi connectivity index (χ1n) is 8.81. The molecule has 27 heavy (non-hydrogen) atoms. The Morgan fingerprint density at radius 3 is 2.22 bits per heavy atom. The smallest absolute Gasteiger partial charge is 0.241 e. The van der Waals surface area contributed by atoms with Gasteiger partial charge >= 0.3 is 0 Å². The number of hydrogen-bond acceptors (Lipinski definition) is 3. The fourth-order valence-corrected chi connectivity index (χ4v) is 4.48. The van der Waals surface area contributed by atoms with E-state index in [9.17, 15) is 4.79 Å². The highest BCUT2D eigenvalue weighted by atomic mass is 32.2. The number of thioether (sulfide) groups is 1. The Balaban J connectivity index is 1.54. The number of carbonyl (C=O) groups is 1. The van der Waals surface area contributed by atoms with Crippen molar-refractivity contribution in [3.05, 3.63) is 85.1 Å². The highest BCUT2D eigenvalue weighted by molar-refractivity contribution is 8.00. The van der Waals surface area contributed by atoms with Crippen molar-refractivity contribution in [1.29, 1.82) is 0 Å². The van der Waals surface area contributed by atoms with Crippen LogP contribution in [0.2, 0.25) is 0 Å². The molecule has 3 nitrogen and oxygen atoms in total. The molecule has 3 aromatic carbocycles. The molecule has 2 heterocycles. The van der Waals surface area contributed by atoms with Gasteiger partial charge in [0.15, 0.2) is 0 Å². The predicted molar refractivity (Wildman–Crippen MR) is 113 cm³/mol. The summed E-state index contributed by atoms with van der Waals surface area (Å²) < 4.78 is 1.84. The molecule has 0 saturated heterocycles. The van der Waals surface area contributed by atoms with Crippen molar-refractivity contribution < 1.29 is 4.79 Å². The molecule has 5 aromatic rings. The molecule has 0 atom stereocenters. The number of nitrogens with zero attached hydrogens (tertiary/aromatic N) is 2. The first-order valence-corrected chi connectivity index (χ1v) is 9.79. The average molecular weight is 368 g/mol. The Morgan fingerprint density at radius 2 is 1.48 bits per heavy atom. The van der Waals surface area contributed by atoms with Gasteiger partial charge in [0, 0.05) is 27.3 Å². The van der Waals surface area contributed by atoms with E-state index < -0.39 is 0 Å². The maximum Gasteiger partial charge on any atom is 0.241 e. The van der Waals surface area contributed by atoms with E-state index in [1.54, 1.807) is 18.0 Å². The second kappa shape index (κ2) is 6.56. The number of pyridine rings is 1. The highest BCUT2D eigenvalue weighted by Gasteiger charge is 2.16. The van der Waals surface area contributed by atoms with Crippen molar-refractivity contribution in [3.63, 3.8) is 0 Å². The van der Waals surface area contributed by atoms with Crippen molar-refractivity contribution >= 4 is 50.4 Å². The minimum atomic E-state index is 0.0744. The summed E-state index contributed by atoms with van der Waals surface area (Å²) >= 11 is 1.54. The van der Waals surface area contributed by atoms with Crippen molar-refractivity contribution in [3.8, 4) is 0 Å². The lowest BCUT2D eigenvalue weighted by atomic mass is 10.2. The van der Waals surface area contributed by atoms with E-state index in [0.717, 1.165) is 37.6 Å². The van der Waals surface area contributed by atoms with Crippen molar-refractivity contribution in [1.82, 2.24) is 9.55 Å². The molecule has 5 rings (SSSR count). The van der Waals surface area contributed by atoms with Gasteiger partial charge in [0.05, 0.1) is 22.3 Å². The van der Waals surface area contributed by atoms with Crippen LogP contribution in [0.15, 0.2) is 90.0 Å². The number of benzene rings is 3. The van der Waals surface area contributed by atoms with E-state index in [0.29, 0.717) is 5.75 Å². The number of fused-ring (bicyclic) bond motifs is 4. The fourth-order valence-electron chi connectivity index (χ4n) is 3.59. The first-order chi connectivity index (χ1) is 13.3. The molecule has 4 heteroatoms. The van der Waals surface area contributed by atoms with Crippen LogP contribution in [-0.2, 0) is 0 Å². The van der Waals surface area contributed by atoms with Crippen molar-refractivity contribution in [2.45, 2.75) is 4.90 Å². The summed E-state index contributed by atoms with van der Waals surface area (Å²) in [6.07, 6.45) is 1.79. The van der Waals surface area contributed by atoms with Crippen molar-refractivity contribution in [2.24, 2.45) is 0 Å². The van der Waals surface area contributed by atoms with Gasteiger partial charge in [-0.2, -0.15) is 0 Å². The monoisotopic (exact) mass is 368 g/mol. The van der Waals surface area contributed by atoms with Crippen LogP contribution in [0.1, 0.15) is 4.79 Å². The van der Waals surface area contributed by atoms with Gasteiger partial charge in [-0.1, -0.05) is 54.6 Å². The lowest BCUT2D eigenvalue weighted by Gasteiger charge is -2.08. The van der Waals surface area contributed by atoms with Crippen LogP contribution in [0.5, 0.6) is 0 Å². The number of para-hydroxylation sites is 3. The summed E-state index contributed by atoms with van der Waals surface area (Å²) in [5, 5.41) is 3.31. The third kappa shape index (κ3) is 2.69. The standard InChI is InChI=1S/C23H16N2OS/c26-22(15-27-21-13-5-7-16-8-6-14-24-23(16)21)25-19-11-3-1-9-17(19)18-10-2-4-12-20(18)25/h1-14H,15H2. The Bertz CT molecular complexity index is 1250. The van der Waals surface area contributed by atoms with Gasteiger partial charge in [0.25, 0.3) is 0 Å². The highest BCUT2D eigenvalue weighted by Crippen LogP contribution is 2.30. The third-order valence-corrected chi connectivity index (χ3v) is 5.81. The molecule has 0 saturated carbocycles. The maximum atomic E-state index is 13.2. The average Bonchev–Trinajstić information content (AvgIpc) is 3.06. The molecule has 0 unspecified atom stereocenters. The summed E-state index contributed by atoms with van der Waals surface area (Å²) in [6, 6.07) is 26.2. The molecule has 0 spiro atoms. The van der Waals surface area contributed by atoms with Gasteiger partial charge in [-0.05, 0) is 24.3 Å². The van der Waals surface area contributed by atoms with Gasteiger partial charge in [0.1, 0.15) is 0 Å². The number of aromatic nitrogens is 2. The Morgan fingerprint density at radius 1 is 0.815 bits per heavy atom. The number of hydrogen-bond donors (Lipinski definition) is 0. The van der Waals surface area contributed by atoms with E-state index in [-0.39, 0.29) is 5.91 Å². The van der Waals surface area contributed by atoms with E-state index in [4.69, 9.17) is 0 Å². The van der Waals surface area contributed by atoms with Crippen LogP contribution in [0.3, 0.4) is 0 Å². The van der Waals surface area contributed by atoms with Crippen LogP contribution in [0.25, 0.3) is 32.7 Å². The normalized spacial score (nSPS) is 11.4. The Hall–Kier alpha value is -3.11. The second-order valence-electron chi connectivity index (χ2n) is 6.38. The SMILES string of the molecule is O=C(CSc1cccc2cccnc12)n1c2ccccc2c2ccccc21. The molecule has 0 fully saturated rings. The topological polar surface area (TPSA) is 34.9 Å². The summed E-state index contributed by atoms with van der Waals surface area (Å²) in [4.78, 5) is 18.7. The lowest BCUT2D eigenvalue weighted by Crippen LogP contribution is -2.12. The quantitative estimate of drug-likeness (QED) is 0.379. The minimum Gasteiger partial charge on any atom is -0.279 e. The Kier molecular flexibility index (Phi) is 3.91. The van der Waals surface area contributed by atoms with Gasteiger partial charge in [0.2, 0.25) is 5.91 Å². The number of rotatable bonds is 3. The van der Waals surface area contributed by atoms with Crippen LogP contribution in [0, 0.1) is 0 Å². The van der Waals surface area contributed by atoms with E-state index in [2.05, 4.69) is 17.1 Å². The van der Waals surface area contributed by atoms with Gasteiger partial charge in [-0.3, -0.25) is 14.3 Å². The van der Waals surface area contributed by atoms with Crippen LogP contribution < -0.4 is 0 Å². The molecule has 0 radical (unpaired) electrons. The second-order valence-corrected chi connectivity index (χ2v) is 7.40. The molecular weight excluding hydrogens is 352 g/mol. The molecule has 0 aliphatic carbocycles. The van der Waals surface area contributed by atoms with Gasteiger partial charge in [-0.15, -0.1) is 11.8 Å².